The minimum atomic E-state index is 0.634. The number of hydrogen-bond donors (Lipinski definition) is 1. The molecule has 1 atom stereocenters. The molecule has 2 aliphatic rings. The molecule has 1 heterocycles. The Morgan fingerprint density at radius 3 is 2.75 bits per heavy atom. The van der Waals surface area contributed by atoms with Gasteiger partial charge in [-0.05, 0) is 45.4 Å². The molecule has 0 aromatic heterocycles. The Hall–Kier alpha value is -1.06. The van der Waals surface area contributed by atoms with E-state index >= 15 is 0 Å². The lowest BCUT2D eigenvalue weighted by atomic mass is 10.1. The van der Waals surface area contributed by atoms with Crippen LogP contribution in [0.15, 0.2) is 18.2 Å². The molecule has 1 aromatic rings. The molecular weight excluding hydrogens is 246 g/mol. The van der Waals surface area contributed by atoms with Crippen LogP contribution in [-0.4, -0.2) is 43.7 Å². The van der Waals surface area contributed by atoms with E-state index in [9.17, 15) is 0 Å². The molecule has 1 unspecified atom stereocenters. The fourth-order valence-electron chi connectivity index (χ4n) is 2.97. The second kappa shape index (κ2) is 5.74. The first-order chi connectivity index (χ1) is 9.63. The van der Waals surface area contributed by atoms with Gasteiger partial charge in [-0.25, -0.2) is 0 Å². The van der Waals surface area contributed by atoms with Gasteiger partial charge in [0, 0.05) is 44.0 Å². The van der Waals surface area contributed by atoms with Crippen molar-refractivity contribution in [2.45, 2.75) is 45.3 Å². The number of benzene rings is 1. The highest BCUT2D eigenvalue weighted by Crippen LogP contribution is 2.26. The maximum atomic E-state index is 3.66. The van der Waals surface area contributed by atoms with E-state index in [4.69, 9.17) is 0 Å². The van der Waals surface area contributed by atoms with Crippen LogP contribution in [0.25, 0.3) is 0 Å². The van der Waals surface area contributed by atoms with Crippen LogP contribution in [0.4, 0.5) is 5.69 Å². The fraction of sp³-hybridized carbons (Fsp3) is 0.647. The van der Waals surface area contributed by atoms with E-state index in [0.717, 1.165) is 32.2 Å². The number of hydrogen-bond acceptors (Lipinski definition) is 3. The SMILES string of the molecule is Cc1ccc(N2CCN(C)C(C)C2)c(CNC2CC2)c1. The van der Waals surface area contributed by atoms with Gasteiger partial charge >= 0.3 is 0 Å². The van der Waals surface area contributed by atoms with Gasteiger partial charge in [0.15, 0.2) is 0 Å². The lowest BCUT2D eigenvalue weighted by Crippen LogP contribution is -2.50. The molecule has 1 aliphatic carbocycles. The monoisotopic (exact) mass is 273 g/mol. The molecule has 3 rings (SSSR count). The van der Waals surface area contributed by atoms with Gasteiger partial charge in [0.25, 0.3) is 0 Å². The Bertz CT molecular complexity index is 467. The fourth-order valence-corrected chi connectivity index (χ4v) is 2.97. The van der Waals surface area contributed by atoms with E-state index < -0.39 is 0 Å². The Labute approximate surface area is 123 Å². The second-order valence-electron chi connectivity index (χ2n) is 6.56. The smallest absolute Gasteiger partial charge is 0.0413 e. The summed E-state index contributed by atoms with van der Waals surface area (Å²) in [5.41, 5.74) is 4.26. The zero-order valence-electron chi connectivity index (χ0n) is 13.0. The van der Waals surface area contributed by atoms with E-state index in [0.29, 0.717) is 6.04 Å². The molecule has 1 aromatic carbocycles. The van der Waals surface area contributed by atoms with Gasteiger partial charge in [-0.1, -0.05) is 17.7 Å². The van der Waals surface area contributed by atoms with Gasteiger partial charge in [-0.15, -0.1) is 0 Å². The van der Waals surface area contributed by atoms with E-state index in [1.165, 1.54) is 29.7 Å². The van der Waals surface area contributed by atoms with Crippen LogP contribution in [-0.2, 0) is 6.54 Å². The van der Waals surface area contributed by atoms with Crippen LogP contribution in [0.3, 0.4) is 0 Å². The van der Waals surface area contributed by atoms with E-state index in [1.54, 1.807) is 0 Å². The average Bonchev–Trinajstić information content (AvgIpc) is 3.24. The Balaban J connectivity index is 1.76. The molecular formula is C17H27N3. The molecule has 0 radical (unpaired) electrons. The zero-order valence-corrected chi connectivity index (χ0v) is 13.0. The van der Waals surface area contributed by atoms with Crippen molar-refractivity contribution in [1.29, 1.82) is 0 Å². The predicted octanol–water partition coefficient (Wildman–Crippen LogP) is 2.39. The second-order valence-corrected chi connectivity index (χ2v) is 6.56. The molecule has 0 amide bonds. The quantitative estimate of drug-likeness (QED) is 0.909. The minimum absolute atomic E-state index is 0.634. The largest absolute Gasteiger partial charge is 0.368 e. The summed E-state index contributed by atoms with van der Waals surface area (Å²) in [6.07, 6.45) is 2.71. The predicted molar refractivity (Wildman–Crippen MR) is 85.3 cm³/mol. The van der Waals surface area contributed by atoms with Crippen molar-refractivity contribution in [2.75, 3.05) is 31.6 Å². The summed E-state index contributed by atoms with van der Waals surface area (Å²) >= 11 is 0. The third kappa shape index (κ3) is 3.15. The molecule has 0 spiro atoms. The van der Waals surface area contributed by atoms with Gasteiger partial charge in [-0.3, -0.25) is 0 Å². The number of nitrogens with zero attached hydrogens (tertiary/aromatic N) is 2. The number of aryl methyl sites for hydroxylation is 1. The maximum absolute atomic E-state index is 3.66. The Kier molecular flexibility index (Phi) is 3.99. The van der Waals surface area contributed by atoms with Gasteiger partial charge in [-0.2, -0.15) is 0 Å². The van der Waals surface area contributed by atoms with Crippen molar-refractivity contribution in [3.05, 3.63) is 29.3 Å². The molecule has 2 fully saturated rings. The zero-order chi connectivity index (χ0) is 14.1. The van der Waals surface area contributed by atoms with Crippen LogP contribution in [0, 0.1) is 6.92 Å². The molecule has 0 bridgehead atoms. The van der Waals surface area contributed by atoms with Crippen LogP contribution >= 0.6 is 0 Å². The molecule has 1 aliphatic heterocycles. The highest BCUT2D eigenvalue weighted by molar-refractivity contribution is 5.55. The first kappa shape index (κ1) is 13.9. The third-order valence-electron chi connectivity index (χ3n) is 4.69. The third-order valence-corrected chi connectivity index (χ3v) is 4.69. The lowest BCUT2D eigenvalue weighted by molar-refractivity contribution is 0.234. The molecule has 110 valence electrons. The lowest BCUT2D eigenvalue weighted by Gasteiger charge is -2.40. The summed E-state index contributed by atoms with van der Waals surface area (Å²) in [7, 11) is 2.23. The molecule has 1 N–H and O–H groups in total. The van der Waals surface area contributed by atoms with Crippen molar-refractivity contribution in [2.24, 2.45) is 0 Å². The van der Waals surface area contributed by atoms with Gasteiger partial charge in [0.05, 0.1) is 0 Å². The summed E-state index contributed by atoms with van der Waals surface area (Å²) in [6.45, 7) is 8.96. The molecule has 1 saturated carbocycles. The first-order valence-corrected chi connectivity index (χ1v) is 7.91. The first-order valence-electron chi connectivity index (χ1n) is 7.91. The van der Waals surface area contributed by atoms with Crippen LogP contribution in [0.2, 0.25) is 0 Å². The summed E-state index contributed by atoms with van der Waals surface area (Å²) in [5, 5.41) is 3.66. The Morgan fingerprint density at radius 1 is 1.25 bits per heavy atom. The van der Waals surface area contributed by atoms with Crippen molar-refractivity contribution < 1.29 is 0 Å². The number of likely N-dealkylation sites (N-methyl/N-ethyl adjacent to an activating group) is 1. The Morgan fingerprint density at radius 2 is 2.05 bits per heavy atom. The van der Waals surface area contributed by atoms with E-state index in [1.807, 2.05) is 0 Å². The molecule has 1 saturated heterocycles. The molecule has 20 heavy (non-hydrogen) atoms. The van der Waals surface area contributed by atoms with Gasteiger partial charge < -0.3 is 15.1 Å². The van der Waals surface area contributed by atoms with Crippen molar-refractivity contribution >= 4 is 5.69 Å². The highest BCUT2D eigenvalue weighted by atomic mass is 15.3. The van der Waals surface area contributed by atoms with Crippen molar-refractivity contribution in [3.8, 4) is 0 Å². The van der Waals surface area contributed by atoms with Crippen LogP contribution in [0.1, 0.15) is 30.9 Å². The summed E-state index contributed by atoms with van der Waals surface area (Å²) in [4.78, 5) is 5.01. The summed E-state index contributed by atoms with van der Waals surface area (Å²) < 4.78 is 0. The van der Waals surface area contributed by atoms with Crippen LogP contribution in [0.5, 0.6) is 0 Å². The normalized spacial score (nSPS) is 24.1. The van der Waals surface area contributed by atoms with Crippen LogP contribution < -0.4 is 10.2 Å². The van der Waals surface area contributed by atoms with E-state index in [-0.39, 0.29) is 0 Å². The number of anilines is 1. The number of rotatable bonds is 4. The summed E-state index contributed by atoms with van der Waals surface area (Å²) in [5.74, 6) is 0. The number of nitrogens with one attached hydrogen (secondary N) is 1. The molecule has 3 heteroatoms. The van der Waals surface area contributed by atoms with Gasteiger partial charge in [0.1, 0.15) is 0 Å². The van der Waals surface area contributed by atoms with Crippen molar-refractivity contribution in [1.82, 2.24) is 10.2 Å². The summed E-state index contributed by atoms with van der Waals surface area (Å²) in [6, 6.07) is 8.33. The highest BCUT2D eigenvalue weighted by Gasteiger charge is 2.24. The maximum Gasteiger partial charge on any atom is 0.0413 e. The topological polar surface area (TPSA) is 18.5 Å². The van der Waals surface area contributed by atoms with E-state index in [2.05, 4.69) is 54.2 Å². The number of piperazine rings is 1. The standard InChI is InChI=1S/C17H27N3/c1-13-4-7-17(15(10-13)11-18-16-5-6-16)20-9-8-19(3)14(2)12-20/h4,7,10,14,16,18H,5-6,8-9,11-12H2,1-3H3. The van der Waals surface area contributed by atoms with Crippen molar-refractivity contribution in [3.63, 3.8) is 0 Å². The molecule has 3 nitrogen and oxygen atoms in total. The minimum Gasteiger partial charge on any atom is -0.368 e. The average molecular weight is 273 g/mol. The van der Waals surface area contributed by atoms with Gasteiger partial charge in [0.2, 0.25) is 0 Å².